The van der Waals surface area contributed by atoms with Crippen LogP contribution in [0.5, 0.6) is 0 Å². The van der Waals surface area contributed by atoms with Gasteiger partial charge in [-0.15, -0.1) is 0 Å². The van der Waals surface area contributed by atoms with Crippen molar-refractivity contribution < 1.29 is 15.0 Å². The Morgan fingerprint density at radius 3 is 2.46 bits per heavy atom. The van der Waals surface area contributed by atoms with Crippen LogP contribution in [0.2, 0.25) is 0 Å². The van der Waals surface area contributed by atoms with Crippen molar-refractivity contribution in [2.24, 2.45) is 0 Å². The number of aliphatic hydroxyl groups excluding tert-OH is 2. The first-order valence-corrected chi connectivity index (χ1v) is 4.69. The highest BCUT2D eigenvalue weighted by atomic mass is 16.3. The number of unbranched alkanes of at least 4 members (excludes halogenated alkanes) is 1. The van der Waals surface area contributed by atoms with E-state index >= 15 is 0 Å². The highest BCUT2D eigenvalue weighted by molar-refractivity contribution is 5.78. The summed E-state index contributed by atoms with van der Waals surface area (Å²) in [7, 11) is 0. The van der Waals surface area contributed by atoms with E-state index in [1.54, 1.807) is 6.08 Å². The van der Waals surface area contributed by atoms with Crippen LogP contribution in [0.1, 0.15) is 32.1 Å². The molecule has 0 spiro atoms. The molecule has 0 amide bonds. The average Bonchev–Trinajstić information content (AvgIpc) is 2.13. The van der Waals surface area contributed by atoms with Crippen LogP contribution in [0.15, 0.2) is 12.2 Å². The van der Waals surface area contributed by atoms with E-state index in [-0.39, 0.29) is 19.0 Å². The number of carbonyl (C=O) groups excluding carboxylic acids is 1. The van der Waals surface area contributed by atoms with Crippen LogP contribution in [0.4, 0.5) is 0 Å². The maximum atomic E-state index is 11.1. The molecule has 3 heteroatoms. The Balaban J connectivity index is 3.25. The third kappa shape index (κ3) is 9.24. The van der Waals surface area contributed by atoms with Crippen molar-refractivity contribution in [3.63, 3.8) is 0 Å². The third-order valence-electron chi connectivity index (χ3n) is 1.73. The average molecular weight is 186 g/mol. The molecule has 0 radical (unpaired) electrons. The van der Waals surface area contributed by atoms with E-state index in [4.69, 9.17) is 10.2 Å². The first kappa shape index (κ1) is 12.3. The lowest BCUT2D eigenvalue weighted by atomic mass is 10.1. The quantitative estimate of drug-likeness (QED) is 0.440. The number of aliphatic hydroxyl groups is 2. The van der Waals surface area contributed by atoms with Gasteiger partial charge in [0.05, 0.1) is 6.61 Å². The van der Waals surface area contributed by atoms with E-state index < -0.39 is 0 Å². The normalized spacial score (nSPS) is 10.9. The van der Waals surface area contributed by atoms with Gasteiger partial charge in [0.25, 0.3) is 0 Å². The van der Waals surface area contributed by atoms with Crippen molar-refractivity contribution in [1.82, 2.24) is 0 Å². The standard InChI is InChI=1S/C10H18O3/c11-8-4-1-2-6-10(13)7-3-5-9-12/h1,4,11-12H,2-3,5-9H2/b4-1+. The number of Topliss-reactive ketones (excluding diaryl/α,β-unsaturated/α-hetero) is 1. The third-order valence-corrected chi connectivity index (χ3v) is 1.73. The van der Waals surface area contributed by atoms with Gasteiger partial charge in [-0.25, -0.2) is 0 Å². The number of hydrogen-bond donors (Lipinski definition) is 2. The number of allylic oxidation sites excluding steroid dienone is 1. The zero-order valence-corrected chi connectivity index (χ0v) is 7.91. The Morgan fingerprint density at radius 2 is 1.85 bits per heavy atom. The van der Waals surface area contributed by atoms with Crippen LogP contribution in [0.3, 0.4) is 0 Å². The second-order valence-corrected chi connectivity index (χ2v) is 2.91. The minimum Gasteiger partial charge on any atom is -0.396 e. The van der Waals surface area contributed by atoms with Crippen molar-refractivity contribution in [2.45, 2.75) is 32.1 Å². The first-order chi connectivity index (χ1) is 6.31. The molecule has 0 aromatic carbocycles. The molecule has 0 aromatic rings. The van der Waals surface area contributed by atoms with Gasteiger partial charge in [0.15, 0.2) is 0 Å². The van der Waals surface area contributed by atoms with Gasteiger partial charge in [-0.3, -0.25) is 4.79 Å². The van der Waals surface area contributed by atoms with Crippen LogP contribution >= 0.6 is 0 Å². The fourth-order valence-electron chi connectivity index (χ4n) is 0.996. The topological polar surface area (TPSA) is 57.5 Å². The predicted octanol–water partition coefficient (Wildman–Crippen LogP) is 1.05. The summed E-state index contributed by atoms with van der Waals surface area (Å²) < 4.78 is 0. The molecule has 0 aliphatic rings. The second-order valence-electron chi connectivity index (χ2n) is 2.91. The van der Waals surface area contributed by atoms with Gasteiger partial charge in [0.2, 0.25) is 0 Å². The van der Waals surface area contributed by atoms with Crippen LogP contribution in [-0.4, -0.2) is 29.2 Å². The summed E-state index contributed by atoms with van der Waals surface area (Å²) in [4.78, 5) is 11.1. The Hall–Kier alpha value is -0.670. The van der Waals surface area contributed by atoms with Gasteiger partial charge in [-0.1, -0.05) is 12.2 Å². The molecule has 0 atom stereocenters. The smallest absolute Gasteiger partial charge is 0.133 e. The molecule has 0 rings (SSSR count). The molecule has 0 saturated heterocycles. The van der Waals surface area contributed by atoms with E-state index in [0.29, 0.717) is 25.7 Å². The highest BCUT2D eigenvalue weighted by Gasteiger charge is 1.99. The first-order valence-electron chi connectivity index (χ1n) is 4.69. The van der Waals surface area contributed by atoms with Crippen molar-refractivity contribution >= 4 is 5.78 Å². The zero-order chi connectivity index (χ0) is 9.94. The van der Waals surface area contributed by atoms with Crippen molar-refractivity contribution in [2.75, 3.05) is 13.2 Å². The van der Waals surface area contributed by atoms with Crippen LogP contribution in [0, 0.1) is 0 Å². The SMILES string of the molecule is O=C(CC/C=C/CO)CCCCO. The molecule has 0 bridgehead atoms. The molecule has 2 N–H and O–H groups in total. The molecule has 3 nitrogen and oxygen atoms in total. The van der Waals surface area contributed by atoms with E-state index in [2.05, 4.69) is 0 Å². The van der Waals surface area contributed by atoms with Crippen molar-refractivity contribution in [3.05, 3.63) is 12.2 Å². The molecule has 13 heavy (non-hydrogen) atoms. The molecule has 0 heterocycles. The summed E-state index contributed by atoms with van der Waals surface area (Å²) in [6.45, 7) is 0.205. The molecule has 0 aromatic heterocycles. The van der Waals surface area contributed by atoms with Gasteiger partial charge in [-0.2, -0.15) is 0 Å². The van der Waals surface area contributed by atoms with E-state index in [0.717, 1.165) is 6.42 Å². The molecule has 0 aliphatic carbocycles. The summed E-state index contributed by atoms with van der Waals surface area (Å²) in [5.41, 5.74) is 0. The summed E-state index contributed by atoms with van der Waals surface area (Å²) in [5, 5.41) is 16.9. The summed E-state index contributed by atoms with van der Waals surface area (Å²) >= 11 is 0. The molecule has 0 unspecified atom stereocenters. The Morgan fingerprint density at radius 1 is 1.08 bits per heavy atom. The van der Waals surface area contributed by atoms with Crippen LogP contribution in [-0.2, 0) is 4.79 Å². The lowest BCUT2D eigenvalue weighted by Crippen LogP contribution is -1.97. The van der Waals surface area contributed by atoms with Gasteiger partial charge in [-0.05, 0) is 19.3 Å². The van der Waals surface area contributed by atoms with Crippen LogP contribution in [0.25, 0.3) is 0 Å². The molecule has 0 saturated carbocycles. The zero-order valence-electron chi connectivity index (χ0n) is 7.91. The van der Waals surface area contributed by atoms with Crippen molar-refractivity contribution in [3.8, 4) is 0 Å². The lowest BCUT2D eigenvalue weighted by molar-refractivity contribution is -0.119. The summed E-state index contributed by atoms with van der Waals surface area (Å²) in [6.07, 6.45) is 6.75. The Labute approximate surface area is 79.1 Å². The number of hydrogen-bond acceptors (Lipinski definition) is 3. The maximum Gasteiger partial charge on any atom is 0.133 e. The lowest BCUT2D eigenvalue weighted by Gasteiger charge is -1.96. The van der Waals surface area contributed by atoms with Gasteiger partial charge in [0.1, 0.15) is 5.78 Å². The van der Waals surface area contributed by atoms with E-state index in [1.807, 2.05) is 6.08 Å². The van der Waals surface area contributed by atoms with E-state index in [9.17, 15) is 4.79 Å². The second kappa shape index (κ2) is 9.42. The molecule has 0 fully saturated rings. The van der Waals surface area contributed by atoms with Gasteiger partial charge >= 0.3 is 0 Å². The molecular formula is C10H18O3. The fraction of sp³-hybridized carbons (Fsp3) is 0.700. The van der Waals surface area contributed by atoms with E-state index in [1.165, 1.54) is 0 Å². The molecule has 0 aliphatic heterocycles. The fourth-order valence-corrected chi connectivity index (χ4v) is 0.996. The monoisotopic (exact) mass is 186 g/mol. The maximum absolute atomic E-state index is 11.1. The summed E-state index contributed by atoms with van der Waals surface area (Å²) in [5.74, 6) is 0.232. The largest absolute Gasteiger partial charge is 0.396 e. The minimum absolute atomic E-state index is 0.0404. The Bertz CT molecular complexity index is 152. The number of rotatable bonds is 8. The number of carbonyl (C=O) groups is 1. The Kier molecular flexibility index (Phi) is 8.93. The predicted molar refractivity (Wildman–Crippen MR) is 51.4 cm³/mol. The highest BCUT2D eigenvalue weighted by Crippen LogP contribution is 2.01. The summed E-state index contributed by atoms with van der Waals surface area (Å²) in [6, 6.07) is 0. The minimum atomic E-state index is 0.0404. The molecule has 76 valence electrons. The van der Waals surface area contributed by atoms with Crippen LogP contribution < -0.4 is 0 Å². The molecular weight excluding hydrogens is 168 g/mol. The van der Waals surface area contributed by atoms with Gasteiger partial charge < -0.3 is 10.2 Å². The van der Waals surface area contributed by atoms with Crippen molar-refractivity contribution in [1.29, 1.82) is 0 Å². The number of ketones is 1. The van der Waals surface area contributed by atoms with Gasteiger partial charge in [0, 0.05) is 19.4 Å².